The van der Waals surface area contributed by atoms with Crippen LogP contribution in [-0.4, -0.2) is 34.6 Å². The standard InChI is InChI=1S/C12H17N3O4/c1-8(2)4-5-14(3)11-10(12(16)17)6-9(7-13-11)15(18)19/h6-8H,4-5H2,1-3H3,(H,16,17). The SMILES string of the molecule is CC(C)CCN(C)c1ncc([N+](=O)[O-])cc1C(=O)O. The summed E-state index contributed by atoms with van der Waals surface area (Å²) in [5, 5.41) is 19.7. The first-order valence-electron chi connectivity index (χ1n) is 5.91. The zero-order valence-electron chi connectivity index (χ0n) is 11.2. The maximum atomic E-state index is 11.1. The zero-order valence-corrected chi connectivity index (χ0v) is 11.2. The van der Waals surface area contributed by atoms with E-state index in [2.05, 4.69) is 18.8 Å². The van der Waals surface area contributed by atoms with Crippen molar-refractivity contribution in [3.63, 3.8) is 0 Å². The molecule has 0 bridgehead atoms. The molecule has 0 radical (unpaired) electrons. The van der Waals surface area contributed by atoms with Gasteiger partial charge in [-0.1, -0.05) is 13.8 Å². The van der Waals surface area contributed by atoms with E-state index >= 15 is 0 Å². The van der Waals surface area contributed by atoms with Crippen LogP contribution < -0.4 is 4.90 Å². The van der Waals surface area contributed by atoms with Gasteiger partial charge in [-0.2, -0.15) is 0 Å². The molecule has 1 aromatic heterocycles. The number of aromatic carboxylic acids is 1. The van der Waals surface area contributed by atoms with Crippen molar-refractivity contribution in [3.05, 3.63) is 27.9 Å². The highest BCUT2D eigenvalue weighted by atomic mass is 16.6. The summed E-state index contributed by atoms with van der Waals surface area (Å²) in [7, 11) is 1.73. The van der Waals surface area contributed by atoms with Crippen LogP contribution in [0.4, 0.5) is 11.5 Å². The van der Waals surface area contributed by atoms with Gasteiger partial charge in [-0.25, -0.2) is 9.78 Å². The van der Waals surface area contributed by atoms with E-state index in [0.29, 0.717) is 12.5 Å². The summed E-state index contributed by atoms with van der Waals surface area (Å²) in [4.78, 5) is 26.7. The number of aromatic nitrogens is 1. The minimum absolute atomic E-state index is 0.152. The second-order valence-corrected chi connectivity index (χ2v) is 4.73. The Morgan fingerprint density at radius 2 is 2.21 bits per heavy atom. The number of carboxylic acids is 1. The van der Waals surface area contributed by atoms with Crippen LogP contribution in [-0.2, 0) is 0 Å². The van der Waals surface area contributed by atoms with E-state index in [1.165, 1.54) is 0 Å². The number of nitrogens with zero attached hydrogens (tertiary/aromatic N) is 3. The molecule has 0 aliphatic rings. The molecule has 0 aromatic carbocycles. The van der Waals surface area contributed by atoms with Gasteiger partial charge in [-0.3, -0.25) is 10.1 Å². The largest absolute Gasteiger partial charge is 0.478 e. The lowest BCUT2D eigenvalue weighted by Gasteiger charge is -2.20. The first-order valence-corrected chi connectivity index (χ1v) is 5.91. The van der Waals surface area contributed by atoms with Gasteiger partial charge in [-0.15, -0.1) is 0 Å². The Bertz CT molecular complexity index is 488. The molecule has 1 aromatic rings. The lowest BCUT2D eigenvalue weighted by Crippen LogP contribution is -2.23. The summed E-state index contributed by atoms with van der Waals surface area (Å²) in [6, 6.07) is 1.04. The fourth-order valence-corrected chi connectivity index (χ4v) is 1.57. The van der Waals surface area contributed by atoms with E-state index in [0.717, 1.165) is 18.7 Å². The molecule has 0 spiro atoms. The Morgan fingerprint density at radius 1 is 1.58 bits per heavy atom. The van der Waals surface area contributed by atoms with E-state index in [-0.39, 0.29) is 17.1 Å². The molecule has 1 N–H and O–H groups in total. The minimum Gasteiger partial charge on any atom is -0.478 e. The maximum absolute atomic E-state index is 11.1. The minimum atomic E-state index is -1.22. The van der Waals surface area contributed by atoms with E-state index in [1.807, 2.05) is 0 Å². The summed E-state index contributed by atoms with van der Waals surface area (Å²) in [5.74, 6) is -0.491. The Kier molecular flexibility index (Phi) is 4.80. The van der Waals surface area contributed by atoms with Crippen LogP contribution in [0.25, 0.3) is 0 Å². The third kappa shape index (κ3) is 3.90. The molecule has 1 heterocycles. The van der Waals surface area contributed by atoms with Gasteiger partial charge in [0, 0.05) is 19.7 Å². The summed E-state index contributed by atoms with van der Waals surface area (Å²) in [6.45, 7) is 4.77. The van der Waals surface area contributed by atoms with Gasteiger partial charge >= 0.3 is 5.97 Å². The van der Waals surface area contributed by atoms with Crippen molar-refractivity contribution in [2.75, 3.05) is 18.5 Å². The third-order valence-electron chi connectivity index (χ3n) is 2.70. The Hall–Kier alpha value is -2.18. The van der Waals surface area contributed by atoms with Gasteiger partial charge < -0.3 is 10.0 Å². The Balaban J connectivity index is 3.06. The lowest BCUT2D eigenvalue weighted by molar-refractivity contribution is -0.385. The topological polar surface area (TPSA) is 96.6 Å². The van der Waals surface area contributed by atoms with Crippen molar-refractivity contribution in [1.82, 2.24) is 4.98 Å². The number of carbonyl (C=O) groups is 1. The van der Waals surface area contributed by atoms with Crippen LogP contribution in [0, 0.1) is 16.0 Å². The Labute approximate surface area is 111 Å². The van der Waals surface area contributed by atoms with E-state index < -0.39 is 10.9 Å². The van der Waals surface area contributed by atoms with Crippen LogP contribution in [0.1, 0.15) is 30.6 Å². The highest BCUT2D eigenvalue weighted by Crippen LogP contribution is 2.22. The number of rotatable bonds is 6. The van der Waals surface area contributed by atoms with Gasteiger partial charge in [0.2, 0.25) is 0 Å². The fourth-order valence-electron chi connectivity index (χ4n) is 1.57. The van der Waals surface area contributed by atoms with Crippen molar-refractivity contribution >= 4 is 17.5 Å². The fraction of sp³-hybridized carbons (Fsp3) is 0.500. The van der Waals surface area contributed by atoms with Crippen molar-refractivity contribution in [3.8, 4) is 0 Å². The van der Waals surface area contributed by atoms with Gasteiger partial charge in [0.1, 0.15) is 17.6 Å². The van der Waals surface area contributed by atoms with Crippen LogP contribution in [0.2, 0.25) is 0 Å². The molecule has 0 atom stereocenters. The third-order valence-corrected chi connectivity index (χ3v) is 2.70. The molecule has 7 heteroatoms. The molecule has 104 valence electrons. The monoisotopic (exact) mass is 267 g/mol. The molecule has 0 unspecified atom stereocenters. The Morgan fingerprint density at radius 3 is 2.68 bits per heavy atom. The average Bonchev–Trinajstić information content (AvgIpc) is 2.34. The van der Waals surface area contributed by atoms with Gasteiger partial charge in [0.15, 0.2) is 0 Å². The highest BCUT2D eigenvalue weighted by molar-refractivity contribution is 5.94. The number of pyridine rings is 1. The summed E-state index contributed by atoms with van der Waals surface area (Å²) >= 11 is 0. The number of anilines is 1. The smallest absolute Gasteiger partial charge is 0.339 e. The number of hydrogen-bond acceptors (Lipinski definition) is 5. The van der Waals surface area contributed by atoms with Gasteiger partial charge in [0.25, 0.3) is 5.69 Å². The van der Waals surface area contributed by atoms with Crippen LogP contribution in [0.5, 0.6) is 0 Å². The predicted octanol–water partition coefficient (Wildman–Crippen LogP) is 2.17. The molecule has 0 fully saturated rings. The molecular formula is C12H17N3O4. The lowest BCUT2D eigenvalue weighted by atomic mass is 10.1. The molecule has 0 saturated carbocycles. The number of hydrogen-bond donors (Lipinski definition) is 1. The van der Waals surface area contributed by atoms with E-state index in [9.17, 15) is 14.9 Å². The maximum Gasteiger partial charge on any atom is 0.339 e. The van der Waals surface area contributed by atoms with Gasteiger partial charge in [0.05, 0.1) is 4.92 Å². The second kappa shape index (κ2) is 6.12. The zero-order chi connectivity index (χ0) is 14.6. The van der Waals surface area contributed by atoms with E-state index in [1.54, 1.807) is 11.9 Å². The van der Waals surface area contributed by atoms with Gasteiger partial charge in [-0.05, 0) is 12.3 Å². The average molecular weight is 267 g/mol. The molecule has 1 rings (SSSR count). The quantitative estimate of drug-likeness (QED) is 0.626. The molecule has 7 nitrogen and oxygen atoms in total. The van der Waals surface area contributed by atoms with Crippen LogP contribution in [0.15, 0.2) is 12.3 Å². The molecule has 0 aliphatic carbocycles. The summed E-state index contributed by atoms with van der Waals surface area (Å²) in [5.41, 5.74) is -0.473. The summed E-state index contributed by atoms with van der Waals surface area (Å²) in [6.07, 6.45) is 1.96. The van der Waals surface area contributed by atoms with Crippen molar-refractivity contribution < 1.29 is 14.8 Å². The number of nitro groups is 1. The molecule has 0 amide bonds. The van der Waals surface area contributed by atoms with E-state index in [4.69, 9.17) is 5.11 Å². The second-order valence-electron chi connectivity index (χ2n) is 4.73. The van der Waals surface area contributed by atoms with Crippen LogP contribution >= 0.6 is 0 Å². The number of carboxylic acid groups (broad SMARTS) is 1. The molecular weight excluding hydrogens is 250 g/mol. The van der Waals surface area contributed by atoms with Crippen molar-refractivity contribution in [2.45, 2.75) is 20.3 Å². The molecule has 0 aliphatic heterocycles. The summed E-state index contributed by atoms with van der Waals surface area (Å²) < 4.78 is 0. The normalized spacial score (nSPS) is 10.5. The first-order chi connectivity index (χ1) is 8.82. The molecule has 0 saturated heterocycles. The molecule has 19 heavy (non-hydrogen) atoms. The van der Waals surface area contributed by atoms with Crippen molar-refractivity contribution in [2.24, 2.45) is 5.92 Å². The first kappa shape index (κ1) is 14.9. The highest BCUT2D eigenvalue weighted by Gasteiger charge is 2.19. The van der Waals surface area contributed by atoms with Crippen molar-refractivity contribution in [1.29, 1.82) is 0 Å². The predicted molar refractivity (Wildman–Crippen MR) is 70.6 cm³/mol. The van der Waals surface area contributed by atoms with Crippen LogP contribution in [0.3, 0.4) is 0 Å².